The molecule has 2 rings (SSSR count). The molecular formula is C15H21N3O3. The Morgan fingerprint density at radius 2 is 2.10 bits per heavy atom. The average molecular weight is 291 g/mol. The summed E-state index contributed by atoms with van der Waals surface area (Å²) in [6.45, 7) is 2.73. The first-order chi connectivity index (χ1) is 9.99. The minimum Gasteiger partial charge on any atom is -0.481 e. The minimum atomic E-state index is -0.803. The number of aryl methyl sites for hydroxylation is 1. The molecule has 21 heavy (non-hydrogen) atoms. The minimum absolute atomic E-state index is 0.120. The smallest absolute Gasteiger partial charge is 0.315 e. The first kappa shape index (κ1) is 15.3. The lowest BCUT2D eigenvalue weighted by molar-refractivity contribution is -0.141. The molecule has 6 heteroatoms. The molecule has 114 valence electrons. The van der Waals surface area contributed by atoms with Gasteiger partial charge in [-0.15, -0.1) is 0 Å². The van der Waals surface area contributed by atoms with E-state index in [1.165, 1.54) is 0 Å². The number of hydrogen-bond acceptors (Lipinski definition) is 3. The molecule has 6 nitrogen and oxygen atoms in total. The summed E-state index contributed by atoms with van der Waals surface area (Å²) in [5.74, 6) is -0.803. The van der Waals surface area contributed by atoms with Gasteiger partial charge in [0.15, 0.2) is 0 Å². The fourth-order valence-corrected chi connectivity index (χ4v) is 2.53. The number of nitrogens with one attached hydrogen (secondary N) is 2. The number of nitrogens with zero attached hydrogens (tertiary/aromatic N) is 1. The lowest BCUT2D eigenvalue weighted by atomic mass is 9.66. The number of carbonyl (C=O) groups is 2. The largest absolute Gasteiger partial charge is 0.481 e. The molecule has 0 atom stereocenters. The van der Waals surface area contributed by atoms with Gasteiger partial charge in [-0.2, -0.15) is 0 Å². The maximum atomic E-state index is 11.8. The third-order valence-electron chi connectivity index (χ3n) is 3.99. The Kier molecular flexibility index (Phi) is 4.77. The third-order valence-corrected chi connectivity index (χ3v) is 3.99. The fourth-order valence-electron chi connectivity index (χ4n) is 2.53. The molecular weight excluding hydrogens is 270 g/mol. The van der Waals surface area contributed by atoms with Crippen molar-refractivity contribution in [2.24, 2.45) is 5.41 Å². The van der Waals surface area contributed by atoms with E-state index in [2.05, 4.69) is 15.6 Å². The summed E-state index contributed by atoms with van der Waals surface area (Å²) in [5.41, 5.74) is 1.61. The van der Waals surface area contributed by atoms with Crippen LogP contribution in [0.4, 0.5) is 4.79 Å². The average Bonchev–Trinajstić information content (AvgIpc) is 2.40. The van der Waals surface area contributed by atoms with Crippen molar-refractivity contribution in [2.45, 2.75) is 39.2 Å². The Morgan fingerprint density at radius 3 is 2.62 bits per heavy atom. The fraction of sp³-hybridized carbons (Fsp3) is 0.533. The second-order valence-corrected chi connectivity index (χ2v) is 5.77. The molecule has 0 spiro atoms. The number of aromatic nitrogens is 1. The van der Waals surface area contributed by atoms with Crippen LogP contribution in [0.25, 0.3) is 0 Å². The van der Waals surface area contributed by atoms with Crippen LogP contribution in [-0.4, -0.2) is 28.6 Å². The summed E-state index contributed by atoms with van der Waals surface area (Å²) >= 11 is 0. The van der Waals surface area contributed by atoms with Crippen molar-refractivity contribution in [3.63, 3.8) is 0 Å². The van der Waals surface area contributed by atoms with Crippen LogP contribution in [0, 0.1) is 12.3 Å². The predicted octanol–water partition coefficient (Wildman–Crippen LogP) is 1.83. The zero-order valence-electron chi connectivity index (χ0n) is 12.2. The first-order valence-corrected chi connectivity index (χ1v) is 7.14. The second-order valence-electron chi connectivity index (χ2n) is 5.77. The van der Waals surface area contributed by atoms with Gasteiger partial charge in [-0.25, -0.2) is 4.79 Å². The maximum absolute atomic E-state index is 11.8. The third kappa shape index (κ3) is 4.44. The number of urea groups is 1. The summed E-state index contributed by atoms with van der Waals surface area (Å²) in [6, 6.07) is 3.54. The predicted molar refractivity (Wildman–Crippen MR) is 77.7 cm³/mol. The number of rotatable bonds is 6. The number of aliphatic carboxylic acids is 1. The zero-order chi connectivity index (χ0) is 15.3. The number of hydrogen-bond donors (Lipinski definition) is 3. The van der Waals surface area contributed by atoms with Gasteiger partial charge < -0.3 is 15.7 Å². The van der Waals surface area contributed by atoms with E-state index >= 15 is 0 Å². The zero-order valence-corrected chi connectivity index (χ0v) is 12.2. The van der Waals surface area contributed by atoms with Crippen LogP contribution in [0.15, 0.2) is 18.3 Å². The Balaban J connectivity index is 1.74. The van der Waals surface area contributed by atoms with E-state index < -0.39 is 5.97 Å². The SMILES string of the molecule is Cc1ccc(CNC(=O)NCC2(CC(=O)O)CCC2)cn1. The van der Waals surface area contributed by atoms with E-state index in [9.17, 15) is 9.59 Å². The van der Waals surface area contributed by atoms with Gasteiger partial charge in [0.05, 0.1) is 6.42 Å². The van der Waals surface area contributed by atoms with E-state index in [0.29, 0.717) is 13.1 Å². The van der Waals surface area contributed by atoms with Gasteiger partial charge in [0, 0.05) is 25.0 Å². The van der Waals surface area contributed by atoms with Crippen molar-refractivity contribution in [1.82, 2.24) is 15.6 Å². The maximum Gasteiger partial charge on any atom is 0.315 e. The Hall–Kier alpha value is -2.11. The van der Waals surface area contributed by atoms with E-state index in [1.807, 2.05) is 19.1 Å². The highest BCUT2D eigenvalue weighted by atomic mass is 16.4. The molecule has 0 saturated heterocycles. The number of amides is 2. The molecule has 1 aromatic rings. The van der Waals surface area contributed by atoms with Gasteiger partial charge in [-0.05, 0) is 36.8 Å². The van der Waals surface area contributed by atoms with Gasteiger partial charge in [0.2, 0.25) is 0 Å². The molecule has 1 aromatic heterocycles. The number of carbonyl (C=O) groups excluding carboxylic acids is 1. The molecule has 3 N–H and O–H groups in total. The highest BCUT2D eigenvalue weighted by Crippen LogP contribution is 2.43. The summed E-state index contributed by atoms with van der Waals surface area (Å²) in [6.07, 6.45) is 4.61. The van der Waals surface area contributed by atoms with Crippen LogP contribution < -0.4 is 10.6 Å². The van der Waals surface area contributed by atoms with Gasteiger partial charge in [0.25, 0.3) is 0 Å². The highest BCUT2D eigenvalue weighted by molar-refractivity contribution is 5.74. The van der Waals surface area contributed by atoms with Crippen molar-refractivity contribution in [3.05, 3.63) is 29.6 Å². The highest BCUT2D eigenvalue weighted by Gasteiger charge is 2.39. The molecule has 1 saturated carbocycles. The standard InChI is InChI=1S/C15H21N3O3/c1-11-3-4-12(8-16-11)9-17-14(21)18-10-15(5-2-6-15)7-13(19)20/h3-4,8H,2,5-7,9-10H2,1H3,(H,19,20)(H2,17,18,21). The van der Waals surface area contributed by atoms with Gasteiger partial charge >= 0.3 is 12.0 Å². The second kappa shape index (κ2) is 6.56. The lowest BCUT2D eigenvalue weighted by Gasteiger charge is -2.40. The van der Waals surface area contributed by atoms with Crippen molar-refractivity contribution < 1.29 is 14.7 Å². The van der Waals surface area contributed by atoms with Gasteiger partial charge in [-0.3, -0.25) is 9.78 Å². The molecule has 1 aliphatic rings. The topological polar surface area (TPSA) is 91.3 Å². The van der Waals surface area contributed by atoms with Gasteiger partial charge in [-0.1, -0.05) is 12.5 Å². The van der Waals surface area contributed by atoms with E-state index in [-0.39, 0.29) is 17.9 Å². The van der Waals surface area contributed by atoms with E-state index in [0.717, 1.165) is 30.5 Å². The van der Waals surface area contributed by atoms with Crippen molar-refractivity contribution in [2.75, 3.05) is 6.54 Å². The quantitative estimate of drug-likeness (QED) is 0.745. The molecule has 0 bridgehead atoms. The van der Waals surface area contributed by atoms with Crippen LogP contribution in [0.5, 0.6) is 0 Å². The summed E-state index contributed by atoms with van der Waals surface area (Å²) < 4.78 is 0. The summed E-state index contributed by atoms with van der Waals surface area (Å²) in [5, 5.41) is 14.5. The van der Waals surface area contributed by atoms with Crippen LogP contribution in [-0.2, 0) is 11.3 Å². The molecule has 2 amide bonds. The number of pyridine rings is 1. The molecule has 0 aromatic carbocycles. The van der Waals surface area contributed by atoms with Gasteiger partial charge in [0.1, 0.15) is 0 Å². The van der Waals surface area contributed by atoms with Crippen molar-refractivity contribution in [3.8, 4) is 0 Å². The number of carboxylic acids is 1. The molecule has 0 radical (unpaired) electrons. The molecule has 0 aliphatic heterocycles. The number of carboxylic acid groups (broad SMARTS) is 1. The Labute approximate surface area is 124 Å². The molecule has 0 unspecified atom stereocenters. The molecule has 1 aliphatic carbocycles. The van der Waals surface area contributed by atoms with E-state index in [1.54, 1.807) is 6.20 Å². The molecule has 1 fully saturated rings. The summed E-state index contributed by atoms with van der Waals surface area (Å²) in [7, 11) is 0. The lowest BCUT2D eigenvalue weighted by Crippen LogP contribution is -2.46. The van der Waals surface area contributed by atoms with Crippen LogP contribution in [0.2, 0.25) is 0 Å². The van der Waals surface area contributed by atoms with Crippen LogP contribution in [0.1, 0.15) is 36.9 Å². The van der Waals surface area contributed by atoms with Crippen molar-refractivity contribution >= 4 is 12.0 Å². The first-order valence-electron chi connectivity index (χ1n) is 7.14. The Morgan fingerprint density at radius 1 is 1.33 bits per heavy atom. The van der Waals surface area contributed by atoms with E-state index in [4.69, 9.17) is 5.11 Å². The summed E-state index contributed by atoms with van der Waals surface area (Å²) in [4.78, 5) is 26.8. The molecule has 1 heterocycles. The van der Waals surface area contributed by atoms with Crippen LogP contribution in [0.3, 0.4) is 0 Å². The Bertz CT molecular complexity index is 509. The normalized spacial score (nSPS) is 15.9. The van der Waals surface area contributed by atoms with Crippen molar-refractivity contribution in [1.29, 1.82) is 0 Å². The van der Waals surface area contributed by atoms with Crippen LogP contribution >= 0.6 is 0 Å². The monoisotopic (exact) mass is 291 g/mol.